The van der Waals surface area contributed by atoms with Crippen molar-refractivity contribution in [3.8, 4) is 0 Å². The highest BCUT2D eigenvalue weighted by Crippen LogP contribution is 2.24. The van der Waals surface area contributed by atoms with Crippen molar-refractivity contribution in [1.29, 1.82) is 0 Å². The Morgan fingerprint density at radius 3 is 2.72 bits per heavy atom. The maximum Gasteiger partial charge on any atom is 0.245 e. The van der Waals surface area contributed by atoms with Crippen molar-refractivity contribution in [2.45, 2.75) is 57.9 Å². The average Bonchev–Trinajstić information content (AvgIpc) is 3.12. The van der Waals surface area contributed by atoms with Gasteiger partial charge in [-0.05, 0) is 56.1 Å². The highest BCUT2D eigenvalue weighted by atomic mass is 16.2. The molecular formula is C20H29N3O2. The van der Waals surface area contributed by atoms with Crippen LogP contribution in [0.4, 0.5) is 0 Å². The predicted molar refractivity (Wildman–Crippen MR) is 96.9 cm³/mol. The number of aryl methyl sites for hydroxylation is 1. The van der Waals surface area contributed by atoms with Crippen molar-refractivity contribution in [2.24, 2.45) is 5.92 Å². The van der Waals surface area contributed by atoms with Crippen LogP contribution in [0.25, 0.3) is 0 Å². The summed E-state index contributed by atoms with van der Waals surface area (Å²) in [7, 11) is 0. The van der Waals surface area contributed by atoms with Gasteiger partial charge in [0.05, 0.1) is 0 Å². The standard InChI is InChI=1S/C20H29N3O2/c1-16-9-13-22(14-10-16)20(25)18-7-4-12-23(18)19(24)8-2-5-17-6-3-11-21-15-17/h3,6,11,15-16,18H,2,4-5,7-10,12-14H2,1H3. The molecule has 1 aromatic heterocycles. The minimum atomic E-state index is -0.223. The monoisotopic (exact) mass is 343 g/mol. The summed E-state index contributed by atoms with van der Waals surface area (Å²) in [6, 6.07) is 3.74. The van der Waals surface area contributed by atoms with E-state index in [-0.39, 0.29) is 17.9 Å². The third kappa shape index (κ3) is 4.59. The number of nitrogens with zero attached hydrogens (tertiary/aromatic N) is 3. The topological polar surface area (TPSA) is 53.5 Å². The number of likely N-dealkylation sites (tertiary alicyclic amines) is 2. The third-order valence-electron chi connectivity index (χ3n) is 5.53. The normalized spacial score (nSPS) is 21.6. The molecule has 0 radical (unpaired) electrons. The Kier molecular flexibility index (Phi) is 6.05. The number of hydrogen-bond donors (Lipinski definition) is 0. The second-order valence-corrected chi connectivity index (χ2v) is 7.47. The molecule has 2 aliphatic heterocycles. The number of carbonyl (C=O) groups excluding carboxylic acids is 2. The molecule has 5 nitrogen and oxygen atoms in total. The van der Waals surface area contributed by atoms with Crippen molar-refractivity contribution in [3.05, 3.63) is 30.1 Å². The number of rotatable bonds is 5. The van der Waals surface area contributed by atoms with Crippen molar-refractivity contribution >= 4 is 11.8 Å². The molecule has 0 aliphatic carbocycles. The summed E-state index contributed by atoms with van der Waals surface area (Å²) in [6.07, 6.45) is 9.71. The fourth-order valence-corrected chi connectivity index (χ4v) is 3.90. The lowest BCUT2D eigenvalue weighted by molar-refractivity contribution is -0.144. The molecule has 2 fully saturated rings. The van der Waals surface area contributed by atoms with Gasteiger partial charge >= 0.3 is 0 Å². The Bertz CT molecular complexity index is 582. The molecular weight excluding hydrogens is 314 g/mol. The van der Waals surface area contributed by atoms with Gasteiger partial charge in [-0.1, -0.05) is 13.0 Å². The molecule has 0 spiro atoms. The molecule has 0 saturated carbocycles. The minimum Gasteiger partial charge on any atom is -0.341 e. The summed E-state index contributed by atoms with van der Waals surface area (Å²) in [4.78, 5) is 33.4. The lowest BCUT2D eigenvalue weighted by Crippen LogP contribution is -2.49. The maximum atomic E-state index is 12.8. The molecule has 0 N–H and O–H groups in total. The van der Waals surface area contributed by atoms with Crippen LogP contribution in [0, 0.1) is 5.92 Å². The highest BCUT2D eigenvalue weighted by Gasteiger charge is 2.36. The quantitative estimate of drug-likeness (QED) is 0.826. The summed E-state index contributed by atoms with van der Waals surface area (Å²) >= 11 is 0. The molecule has 2 amide bonds. The van der Waals surface area contributed by atoms with Crippen molar-refractivity contribution in [2.75, 3.05) is 19.6 Å². The number of amides is 2. The maximum absolute atomic E-state index is 12.8. The van der Waals surface area contributed by atoms with E-state index in [1.165, 1.54) is 0 Å². The second-order valence-electron chi connectivity index (χ2n) is 7.47. The van der Waals surface area contributed by atoms with E-state index < -0.39 is 0 Å². The first-order valence-electron chi connectivity index (χ1n) is 9.62. The van der Waals surface area contributed by atoms with Crippen LogP contribution >= 0.6 is 0 Å². The van der Waals surface area contributed by atoms with Crippen LogP contribution in [0.1, 0.15) is 51.0 Å². The summed E-state index contributed by atoms with van der Waals surface area (Å²) in [6.45, 7) is 4.67. The lowest BCUT2D eigenvalue weighted by atomic mass is 9.98. The Morgan fingerprint density at radius 1 is 1.20 bits per heavy atom. The Labute approximate surface area is 150 Å². The molecule has 3 rings (SSSR count). The average molecular weight is 343 g/mol. The van der Waals surface area contributed by atoms with Gasteiger partial charge in [0.2, 0.25) is 11.8 Å². The lowest BCUT2D eigenvalue weighted by Gasteiger charge is -2.34. The number of aromatic nitrogens is 1. The molecule has 0 aromatic carbocycles. The van der Waals surface area contributed by atoms with Crippen LogP contribution in [0.2, 0.25) is 0 Å². The molecule has 1 atom stereocenters. The van der Waals surface area contributed by atoms with E-state index in [1.54, 1.807) is 6.20 Å². The number of pyridine rings is 1. The fourth-order valence-electron chi connectivity index (χ4n) is 3.90. The van der Waals surface area contributed by atoms with E-state index in [0.29, 0.717) is 12.3 Å². The van der Waals surface area contributed by atoms with Crippen LogP contribution in [0.3, 0.4) is 0 Å². The number of piperidine rings is 1. The zero-order valence-corrected chi connectivity index (χ0v) is 15.2. The summed E-state index contributed by atoms with van der Waals surface area (Å²) in [5.74, 6) is 1.01. The zero-order valence-electron chi connectivity index (χ0n) is 15.2. The number of carbonyl (C=O) groups is 2. The number of hydrogen-bond acceptors (Lipinski definition) is 3. The van der Waals surface area contributed by atoms with E-state index in [0.717, 1.165) is 63.7 Å². The van der Waals surface area contributed by atoms with Gasteiger partial charge in [-0.25, -0.2) is 0 Å². The first kappa shape index (κ1) is 17.9. The van der Waals surface area contributed by atoms with Crippen LogP contribution in [0.15, 0.2) is 24.5 Å². The van der Waals surface area contributed by atoms with Gasteiger partial charge in [0.15, 0.2) is 0 Å². The van der Waals surface area contributed by atoms with Gasteiger partial charge in [-0.15, -0.1) is 0 Å². The van der Waals surface area contributed by atoms with Crippen molar-refractivity contribution < 1.29 is 9.59 Å². The van der Waals surface area contributed by atoms with E-state index in [4.69, 9.17) is 0 Å². The second kappa shape index (κ2) is 8.45. The molecule has 3 heterocycles. The van der Waals surface area contributed by atoms with Crippen LogP contribution in [0.5, 0.6) is 0 Å². The van der Waals surface area contributed by atoms with Crippen LogP contribution in [-0.2, 0) is 16.0 Å². The van der Waals surface area contributed by atoms with Gasteiger partial charge < -0.3 is 9.80 Å². The first-order valence-corrected chi connectivity index (χ1v) is 9.62. The third-order valence-corrected chi connectivity index (χ3v) is 5.53. The van der Waals surface area contributed by atoms with Crippen LogP contribution < -0.4 is 0 Å². The molecule has 25 heavy (non-hydrogen) atoms. The van der Waals surface area contributed by atoms with Gasteiger partial charge in [0.1, 0.15) is 6.04 Å². The predicted octanol–water partition coefficient (Wildman–Crippen LogP) is 2.65. The molecule has 0 bridgehead atoms. The molecule has 2 aliphatic rings. The summed E-state index contributed by atoms with van der Waals surface area (Å²) < 4.78 is 0. The van der Waals surface area contributed by atoms with E-state index in [1.807, 2.05) is 28.1 Å². The molecule has 1 aromatic rings. The van der Waals surface area contributed by atoms with E-state index in [9.17, 15) is 9.59 Å². The Hall–Kier alpha value is -1.91. The Balaban J connectivity index is 1.50. The summed E-state index contributed by atoms with van der Waals surface area (Å²) in [5.41, 5.74) is 1.16. The van der Waals surface area contributed by atoms with Gasteiger partial charge in [0.25, 0.3) is 0 Å². The molecule has 136 valence electrons. The molecule has 2 saturated heterocycles. The fraction of sp³-hybridized carbons (Fsp3) is 0.650. The smallest absolute Gasteiger partial charge is 0.245 e. The first-order chi connectivity index (χ1) is 12.1. The SMILES string of the molecule is CC1CCN(C(=O)C2CCCN2C(=O)CCCc2cccnc2)CC1. The van der Waals surface area contributed by atoms with Crippen molar-refractivity contribution in [3.63, 3.8) is 0 Å². The Morgan fingerprint density at radius 2 is 2.00 bits per heavy atom. The minimum absolute atomic E-state index is 0.130. The largest absolute Gasteiger partial charge is 0.341 e. The van der Waals surface area contributed by atoms with Gasteiger partial charge in [0, 0.05) is 38.4 Å². The zero-order chi connectivity index (χ0) is 17.6. The van der Waals surface area contributed by atoms with E-state index in [2.05, 4.69) is 11.9 Å². The van der Waals surface area contributed by atoms with Crippen molar-refractivity contribution in [1.82, 2.24) is 14.8 Å². The van der Waals surface area contributed by atoms with E-state index >= 15 is 0 Å². The molecule has 5 heteroatoms. The van der Waals surface area contributed by atoms with Crippen LogP contribution in [-0.4, -0.2) is 52.3 Å². The summed E-state index contributed by atoms with van der Waals surface area (Å²) in [5, 5.41) is 0. The van der Waals surface area contributed by atoms with Gasteiger partial charge in [-0.3, -0.25) is 14.6 Å². The van der Waals surface area contributed by atoms with Gasteiger partial charge in [-0.2, -0.15) is 0 Å². The molecule has 1 unspecified atom stereocenters. The highest BCUT2D eigenvalue weighted by molar-refractivity contribution is 5.88.